The average Bonchev–Trinajstić information content (AvgIpc) is 2.08. The summed E-state index contributed by atoms with van der Waals surface area (Å²) in [5, 5.41) is 18.0. The standard InChI is InChI=1S/C8H13BN2O2/c1-5-6(4-10)2-7(11)3-8(5)9(12)13/h2-3,12-13H,4,10-11H2,1H3. The van der Waals surface area contributed by atoms with E-state index >= 15 is 0 Å². The summed E-state index contributed by atoms with van der Waals surface area (Å²) in [5.74, 6) is 0. The third-order valence-electron chi connectivity index (χ3n) is 2.08. The van der Waals surface area contributed by atoms with Crippen LogP contribution in [0.2, 0.25) is 0 Å². The van der Waals surface area contributed by atoms with E-state index in [1.807, 2.05) is 0 Å². The molecule has 0 bridgehead atoms. The smallest absolute Gasteiger partial charge is 0.423 e. The number of nitrogen functional groups attached to an aromatic ring is 1. The van der Waals surface area contributed by atoms with Crippen molar-refractivity contribution in [2.45, 2.75) is 13.5 Å². The summed E-state index contributed by atoms with van der Waals surface area (Å²) in [6.45, 7) is 2.13. The molecule has 70 valence electrons. The summed E-state index contributed by atoms with van der Waals surface area (Å²) in [6, 6.07) is 3.28. The van der Waals surface area contributed by atoms with E-state index in [9.17, 15) is 0 Å². The Morgan fingerprint density at radius 1 is 1.38 bits per heavy atom. The lowest BCUT2D eigenvalue weighted by Gasteiger charge is -2.10. The van der Waals surface area contributed by atoms with Crippen molar-refractivity contribution >= 4 is 18.3 Å². The van der Waals surface area contributed by atoms with Gasteiger partial charge in [0.1, 0.15) is 0 Å². The van der Waals surface area contributed by atoms with Gasteiger partial charge in [-0.25, -0.2) is 0 Å². The average molecular weight is 180 g/mol. The van der Waals surface area contributed by atoms with Gasteiger partial charge in [0, 0.05) is 12.2 Å². The number of hydrogen-bond donors (Lipinski definition) is 4. The second-order valence-electron chi connectivity index (χ2n) is 2.97. The van der Waals surface area contributed by atoms with E-state index in [0.29, 0.717) is 17.7 Å². The lowest BCUT2D eigenvalue weighted by Crippen LogP contribution is -2.33. The van der Waals surface area contributed by atoms with Gasteiger partial charge in [0.25, 0.3) is 0 Å². The van der Waals surface area contributed by atoms with Gasteiger partial charge in [0.15, 0.2) is 0 Å². The van der Waals surface area contributed by atoms with Gasteiger partial charge < -0.3 is 21.5 Å². The molecule has 0 spiro atoms. The van der Waals surface area contributed by atoms with Crippen LogP contribution in [0.25, 0.3) is 0 Å². The quantitative estimate of drug-likeness (QED) is 0.336. The van der Waals surface area contributed by atoms with Crippen LogP contribution in [0.5, 0.6) is 0 Å². The molecule has 0 unspecified atom stereocenters. The minimum absolute atomic E-state index is 0.344. The highest BCUT2D eigenvalue weighted by Gasteiger charge is 2.16. The predicted molar refractivity (Wildman–Crippen MR) is 53.3 cm³/mol. The second kappa shape index (κ2) is 3.78. The molecule has 0 fully saturated rings. The van der Waals surface area contributed by atoms with Crippen molar-refractivity contribution in [3.05, 3.63) is 23.3 Å². The highest BCUT2D eigenvalue weighted by molar-refractivity contribution is 6.59. The summed E-state index contributed by atoms with van der Waals surface area (Å²) in [4.78, 5) is 0. The van der Waals surface area contributed by atoms with E-state index in [1.165, 1.54) is 0 Å². The fourth-order valence-corrected chi connectivity index (χ4v) is 1.30. The summed E-state index contributed by atoms with van der Waals surface area (Å²) in [7, 11) is -1.49. The summed E-state index contributed by atoms with van der Waals surface area (Å²) in [5.41, 5.74) is 13.6. The Labute approximate surface area is 77.3 Å². The maximum atomic E-state index is 9.01. The molecular formula is C8H13BN2O2. The molecule has 0 amide bonds. The Bertz CT molecular complexity index is 315. The predicted octanol–water partition coefficient (Wildman–Crippen LogP) is -1.28. The Morgan fingerprint density at radius 3 is 2.46 bits per heavy atom. The summed E-state index contributed by atoms with van der Waals surface area (Å²) in [6.07, 6.45) is 0. The lowest BCUT2D eigenvalue weighted by atomic mass is 9.76. The Balaban J connectivity index is 3.27. The molecule has 0 radical (unpaired) electrons. The number of benzene rings is 1. The van der Waals surface area contributed by atoms with Crippen LogP contribution in [0.1, 0.15) is 11.1 Å². The van der Waals surface area contributed by atoms with Crippen LogP contribution in [0, 0.1) is 6.92 Å². The highest BCUT2D eigenvalue weighted by Crippen LogP contribution is 2.10. The minimum atomic E-state index is -1.49. The van der Waals surface area contributed by atoms with Crippen molar-refractivity contribution in [2.75, 3.05) is 5.73 Å². The van der Waals surface area contributed by atoms with Crippen LogP contribution in [0.4, 0.5) is 5.69 Å². The molecule has 0 atom stereocenters. The van der Waals surface area contributed by atoms with Gasteiger partial charge in [-0.1, -0.05) is 0 Å². The number of anilines is 1. The topological polar surface area (TPSA) is 92.5 Å². The van der Waals surface area contributed by atoms with Crippen LogP contribution in [0.15, 0.2) is 12.1 Å². The molecule has 1 rings (SSSR count). The Kier molecular flexibility index (Phi) is 2.92. The molecule has 0 aliphatic heterocycles. The molecule has 1 aromatic carbocycles. The first-order valence-corrected chi connectivity index (χ1v) is 4.01. The van der Waals surface area contributed by atoms with Crippen LogP contribution < -0.4 is 16.9 Å². The van der Waals surface area contributed by atoms with E-state index < -0.39 is 7.12 Å². The molecule has 0 aromatic heterocycles. The largest absolute Gasteiger partial charge is 0.488 e. The highest BCUT2D eigenvalue weighted by atomic mass is 16.4. The van der Waals surface area contributed by atoms with Crippen LogP contribution in [0.3, 0.4) is 0 Å². The minimum Gasteiger partial charge on any atom is -0.423 e. The van der Waals surface area contributed by atoms with Crippen molar-refractivity contribution < 1.29 is 10.0 Å². The van der Waals surface area contributed by atoms with Gasteiger partial charge in [0.2, 0.25) is 0 Å². The summed E-state index contributed by atoms with van der Waals surface area (Å²) < 4.78 is 0. The van der Waals surface area contributed by atoms with Crippen molar-refractivity contribution in [3.63, 3.8) is 0 Å². The normalized spacial score (nSPS) is 10.2. The van der Waals surface area contributed by atoms with E-state index in [4.69, 9.17) is 21.5 Å². The monoisotopic (exact) mass is 180 g/mol. The van der Waals surface area contributed by atoms with E-state index in [0.717, 1.165) is 11.1 Å². The molecule has 0 saturated carbocycles. The van der Waals surface area contributed by atoms with E-state index in [-0.39, 0.29) is 0 Å². The Hall–Kier alpha value is -1.04. The fourth-order valence-electron chi connectivity index (χ4n) is 1.30. The summed E-state index contributed by atoms with van der Waals surface area (Å²) >= 11 is 0. The molecule has 1 aromatic rings. The zero-order valence-corrected chi connectivity index (χ0v) is 7.49. The molecule has 4 nitrogen and oxygen atoms in total. The number of nitrogens with two attached hydrogens (primary N) is 2. The number of hydrogen-bond acceptors (Lipinski definition) is 4. The van der Waals surface area contributed by atoms with Crippen molar-refractivity contribution in [1.29, 1.82) is 0 Å². The molecule has 13 heavy (non-hydrogen) atoms. The lowest BCUT2D eigenvalue weighted by molar-refractivity contribution is 0.425. The zero-order chi connectivity index (χ0) is 10.0. The van der Waals surface area contributed by atoms with Gasteiger partial charge >= 0.3 is 7.12 Å². The zero-order valence-electron chi connectivity index (χ0n) is 7.49. The van der Waals surface area contributed by atoms with Gasteiger partial charge in [-0.3, -0.25) is 0 Å². The molecule has 0 heterocycles. The van der Waals surface area contributed by atoms with Crippen molar-refractivity contribution in [3.8, 4) is 0 Å². The van der Waals surface area contributed by atoms with Gasteiger partial charge in [-0.15, -0.1) is 0 Å². The van der Waals surface area contributed by atoms with Crippen LogP contribution >= 0.6 is 0 Å². The van der Waals surface area contributed by atoms with Crippen molar-refractivity contribution in [1.82, 2.24) is 0 Å². The maximum absolute atomic E-state index is 9.01. The number of rotatable bonds is 2. The van der Waals surface area contributed by atoms with Gasteiger partial charge in [-0.2, -0.15) is 0 Å². The first kappa shape index (κ1) is 10.0. The molecule has 0 aliphatic carbocycles. The molecule has 0 aliphatic rings. The first-order valence-electron chi connectivity index (χ1n) is 4.01. The third-order valence-corrected chi connectivity index (χ3v) is 2.08. The molecular weight excluding hydrogens is 167 g/mol. The molecule has 0 saturated heterocycles. The maximum Gasteiger partial charge on any atom is 0.488 e. The molecule has 6 N–H and O–H groups in total. The fraction of sp³-hybridized carbons (Fsp3) is 0.250. The van der Waals surface area contributed by atoms with Crippen LogP contribution in [-0.2, 0) is 6.54 Å². The van der Waals surface area contributed by atoms with E-state index in [1.54, 1.807) is 19.1 Å². The van der Waals surface area contributed by atoms with Crippen LogP contribution in [-0.4, -0.2) is 17.2 Å². The van der Waals surface area contributed by atoms with Gasteiger partial charge in [0.05, 0.1) is 0 Å². The SMILES string of the molecule is Cc1c(CN)cc(N)cc1B(O)O. The first-order chi connectivity index (χ1) is 6.06. The van der Waals surface area contributed by atoms with Gasteiger partial charge in [-0.05, 0) is 35.6 Å². The third kappa shape index (κ3) is 2.00. The van der Waals surface area contributed by atoms with Crippen molar-refractivity contribution in [2.24, 2.45) is 5.73 Å². The van der Waals surface area contributed by atoms with E-state index in [2.05, 4.69) is 0 Å². The molecule has 5 heteroatoms. The second-order valence-corrected chi connectivity index (χ2v) is 2.97. The Morgan fingerprint density at radius 2 is 2.00 bits per heavy atom.